The summed E-state index contributed by atoms with van der Waals surface area (Å²) in [6.07, 6.45) is 4.21. The summed E-state index contributed by atoms with van der Waals surface area (Å²) in [6, 6.07) is -0.0269. The van der Waals surface area contributed by atoms with E-state index >= 15 is 0 Å². The van der Waals surface area contributed by atoms with Crippen molar-refractivity contribution >= 4 is 5.91 Å². The molecule has 0 saturated carbocycles. The summed E-state index contributed by atoms with van der Waals surface area (Å²) in [5, 5.41) is 0. The Morgan fingerprint density at radius 2 is 2.19 bits per heavy atom. The van der Waals surface area contributed by atoms with Gasteiger partial charge in [0, 0.05) is 0 Å². The van der Waals surface area contributed by atoms with E-state index in [-0.39, 0.29) is 17.4 Å². The van der Waals surface area contributed by atoms with Crippen molar-refractivity contribution in [1.29, 1.82) is 0 Å². The second kappa shape index (κ2) is 5.64. The van der Waals surface area contributed by atoms with Gasteiger partial charge in [-0.1, -0.05) is 13.8 Å². The maximum absolute atomic E-state index is 11.2. The second-order valence-electron chi connectivity index (χ2n) is 5.57. The number of rotatable bonds is 6. The summed E-state index contributed by atoms with van der Waals surface area (Å²) in [4.78, 5) is 13.4. The molecule has 0 aromatic rings. The first kappa shape index (κ1) is 13.5. The molecule has 1 fully saturated rings. The molecule has 0 aromatic carbocycles. The van der Waals surface area contributed by atoms with Crippen LogP contribution in [0.4, 0.5) is 0 Å². The average molecular weight is 227 g/mol. The molecule has 16 heavy (non-hydrogen) atoms. The van der Waals surface area contributed by atoms with E-state index in [1.165, 1.54) is 0 Å². The van der Waals surface area contributed by atoms with Crippen molar-refractivity contribution < 1.29 is 4.79 Å². The van der Waals surface area contributed by atoms with Crippen LogP contribution >= 0.6 is 0 Å². The molecular formula is C12H25N3O. The molecule has 1 aliphatic heterocycles. The number of primary amides is 1. The first-order chi connectivity index (χ1) is 7.46. The lowest BCUT2D eigenvalue weighted by Gasteiger charge is -2.26. The minimum atomic E-state index is -0.171. The van der Waals surface area contributed by atoms with E-state index in [1.54, 1.807) is 0 Å². The third-order valence-electron chi connectivity index (χ3n) is 3.54. The number of nitrogens with zero attached hydrogens (tertiary/aromatic N) is 1. The van der Waals surface area contributed by atoms with Crippen molar-refractivity contribution in [2.75, 3.05) is 19.6 Å². The minimum Gasteiger partial charge on any atom is -0.368 e. The van der Waals surface area contributed by atoms with Crippen LogP contribution in [0.5, 0.6) is 0 Å². The molecule has 1 atom stereocenters. The maximum atomic E-state index is 11.2. The van der Waals surface area contributed by atoms with E-state index in [0.717, 1.165) is 38.8 Å². The van der Waals surface area contributed by atoms with Gasteiger partial charge in [-0.25, -0.2) is 0 Å². The van der Waals surface area contributed by atoms with Crippen molar-refractivity contribution in [1.82, 2.24) is 4.90 Å². The van der Waals surface area contributed by atoms with Crippen molar-refractivity contribution in [3.8, 4) is 0 Å². The van der Waals surface area contributed by atoms with Gasteiger partial charge >= 0.3 is 0 Å². The molecule has 1 rings (SSSR count). The van der Waals surface area contributed by atoms with Crippen LogP contribution in [0, 0.1) is 5.41 Å². The summed E-state index contributed by atoms with van der Waals surface area (Å²) < 4.78 is 0. The molecule has 0 spiro atoms. The SMILES string of the molecule is CC(C)(CN)CCCN1CCCC1C(N)=O. The van der Waals surface area contributed by atoms with Gasteiger partial charge in [0.05, 0.1) is 6.04 Å². The topological polar surface area (TPSA) is 72.3 Å². The Morgan fingerprint density at radius 1 is 1.50 bits per heavy atom. The molecule has 94 valence electrons. The molecule has 0 aliphatic carbocycles. The van der Waals surface area contributed by atoms with Crippen LogP contribution in [0.15, 0.2) is 0 Å². The molecule has 4 nitrogen and oxygen atoms in total. The molecule has 1 amide bonds. The fourth-order valence-corrected chi connectivity index (χ4v) is 2.28. The number of carbonyl (C=O) groups is 1. The lowest BCUT2D eigenvalue weighted by Crippen LogP contribution is -2.41. The van der Waals surface area contributed by atoms with Gasteiger partial charge in [0.25, 0.3) is 0 Å². The quantitative estimate of drug-likeness (QED) is 0.701. The summed E-state index contributed by atoms with van der Waals surface area (Å²) >= 11 is 0. The van der Waals surface area contributed by atoms with E-state index in [9.17, 15) is 4.79 Å². The Hall–Kier alpha value is -0.610. The Kier molecular flexibility index (Phi) is 4.74. The predicted octanol–water partition coefficient (Wildman–Crippen LogP) is 0.701. The number of amides is 1. The molecule has 1 heterocycles. The molecule has 1 unspecified atom stereocenters. The Bertz CT molecular complexity index is 240. The highest BCUT2D eigenvalue weighted by molar-refractivity contribution is 5.80. The van der Waals surface area contributed by atoms with E-state index in [1.807, 2.05) is 0 Å². The zero-order chi connectivity index (χ0) is 12.2. The maximum Gasteiger partial charge on any atom is 0.234 e. The van der Waals surface area contributed by atoms with E-state index in [2.05, 4.69) is 18.7 Å². The van der Waals surface area contributed by atoms with Crippen LogP contribution in [0.2, 0.25) is 0 Å². The van der Waals surface area contributed by atoms with Crippen LogP contribution < -0.4 is 11.5 Å². The van der Waals surface area contributed by atoms with Gasteiger partial charge in [-0.15, -0.1) is 0 Å². The Labute approximate surface area is 98.3 Å². The number of hydrogen-bond donors (Lipinski definition) is 2. The largest absolute Gasteiger partial charge is 0.368 e. The summed E-state index contributed by atoms with van der Waals surface area (Å²) in [6.45, 7) is 7.06. The second-order valence-corrected chi connectivity index (χ2v) is 5.57. The predicted molar refractivity (Wildman–Crippen MR) is 65.9 cm³/mol. The molecular weight excluding hydrogens is 202 g/mol. The van der Waals surface area contributed by atoms with Crippen LogP contribution in [0.1, 0.15) is 39.5 Å². The van der Waals surface area contributed by atoms with Gasteiger partial charge in [0.15, 0.2) is 0 Å². The zero-order valence-electron chi connectivity index (χ0n) is 10.5. The highest BCUT2D eigenvalue weighted by atomic mass is 16.1. The molecule has 1 saturated heterocycles. The monoisotopic (exact) mass is 227 g/mol. The normalized spacial score (nSPS) is 22.6. The van der Waals surface area contributed by atoms with E-state index < -0.39 is 0 Å². The van der Waals surface area contributed by atoms with Crippen LogP contribution in [0.3, 0.4) is 0 Å². The summed E-state index contributed by atoms with van der Waals surface area (Å²) in [5.41, 5.74) is 11.3. The van der Waals surface area contributed by atoms with Crippen LogP contribution in [-0.2, 0) is 4.79 Å². The minimum absolute atomic E-state index is 0.0269. The lowest BCUT2D eigenvalue weighted by molar-refractivity contribution is -0.122. The van der Waals surface area contributed by atoms with Gasteiger partial charge < -0.3 is 11.5 Å². The van der Waals surface area contributed by atoms with Gasteiger partial charge in [-0.3, -0.25) is 9.69 Å². The molecule has 0 radical (unpaired) electrons. The van der Waals surface area contributed by atoms with Gasteiger partial charge in [-0.2, -0.15) is 0 Å². The fraction of sp³-hybridized carbons (Fsp3) is 0.917. The third kappa shape index (κ3) is 3.76. The summed E-state index contributed by atoms with van der Waals surface area (Å²) in [5.74, 6) is -0.171. The molecule has 4 heteroatoms. The zero-order valence-corrected chi connectivity index (χ0v) is 10.5. The molecule has 0 aromatic heterocycles. The smallest absolute Gasteiger partial charge is 0.234 e. The Balaban J connectivity index is 2.30. The third-order valence-corrected chi connectivity index (χ3v) is 3.54. The number of carbonyl (C=O) groups excluding carboxylic acids is 1. The van der Waals surface area contributed by atoms with Crippen molar-refractivity contribution in [2.24, 2.45) is 16.9 Å². The van der Waals surface area contributed by atoms with Crippen LogP contribution in [0.25, 0.3) is 0 Å². The lowest BCUT2D eigenvalue weighted by atomic mass is 9.88. The van der Waals surface area contributed by atoms with Crippen molar-refractivity contribution in [3.63, 3.8) is 0 Å². The molecule has 4 N–H and O–H groups in total. The number of hydrogen-bond acceptors (Lipinski definition) is 3. The van der Waals surface area contributed by atoms with Gasteiger partial charge in [-0.05, 0) is 50.7 Å². The van der Waals surface area contributed by atoms with Crippen LogP contribution in [-0.4, -0.2) is 36.5 Å². The first-order valence-corrected chi connectivity index (χ1v) is 6.20. The Morgan fingerprint density at radius 3 is 2.75 bits per heavy atom. The van der Waals surface area contributed by atoms with Crippen molar-refractivity contribution in [3.05, 3.63) is 0 Å². The standard InChI is InChI=1S/C12H25N3O/c1-12(2,9-13)6-4-8-15-7-3-5-10(15)11(14)16/h10H,3-9,13H2,1-2H3,(H2,14,16). The summed E-state index contributed by atoms with van der Waals surface area (Å²) in [7, 11) is 0. The highest BCUT2D eigenvalue weighted by Crippen LogP contribution is 2.22. The first-order valence-electron chi connectivity index (χ1n) is 6.20. The average Bonchev–Trinajstić information content (AvgIpc) is 2.66. The number of likely N-dealkylation sites (tertiary alicyclic amines) is 1. The van der Waals surface area contributed by atoms with E-state index in [0.29, 0.717) is 6.54 Å². The van der Waals surface area contributed by atoms with Gasteiger partial charge in [0.1, 0.15) is 0 Å². The molecule has 0 bridgehead atoms. The van der Waals surface area contributed by atoms with Crippen molar-refractivity contribution in [2.45, 2.75) is 45.6 Å². The molecule has 1 aliphatic rings. The number of nitrogens with two attached hydrogens (primary N) is 2. The fourth-order valence-electron chi connectivity index (χ4n) is 2.28. The highest BCUT2D eigenvalue weighted by Gasteiger charge is 2.28. The van der Waals surface area contributed by atoms with E-state index in [4.69, 9.17) is 11.5 Å². The van der Waals surface area contributed by atoms with Gasteiger partial charge in [0.2, 0.25) is 5.91 Å².